The predicted octanol–water partition coefficient (Wildman–Crippen LogP) is 2.64. The number of halogens is 2. The molecule has 0 saturated carbocycles. The molecule has 0 radical (unpaired) electrons. The van der Waals surface area contributed by atoms with Crippen LogP contribution in [0.5, 0.6) is 0 Å². The van der Waals surface area contributed by atoms with Crippen molar-refractivity contribution in [2.45, 2.75) is 32.1 Å². The zero-order chi connectivity index (χ0) is 14.6. The molecular formula is C16H24ClFN2O. The lowest BCUT2D eigenvalue weighted by Gasteiger charge is -2.28. The quantitative estimate of drug-likeness (QED) is 0.897. The van der Waals surface area contributed by atoms with E-state index < -0.39 is 0 Å². The Morgan fingerprint density at radius 1 is 1.29 bits per heavy atom. The summed E-state index contributed by atoms with van der Waals surface area (Å²) in [5, 5.41) is 6.30. The van der Waals surface area contributed by atoms with E-state index in [0.717, 1.165) is 31.5 Å². The van der Waals surface area contributed by atoms with Gasteiger partial charge in [-0.2, -0.15) is 0 Å². The van der Waals surface area contributed by atoms with E-state index in [-0.39, 0.29) is 35.5 Å². The van der Waals surface area contributed by atoms with Gasteiger partial charge in [0.25, 0.3) is 0 Å². The molecule has 0 spiro atoms. The van der Waals surface area contributed by atoms with Gasteiger partial charge < -0.3 is 10.6 Å². The van der Waals surface area contributed by atoms with Gasteiger partial charge in [-0.3, -0.25) is 4.79 Å². The van der Waals surface area contributed by atoms with E-state index >= 15 is 0 Å². The summed E-state index contributed by atoms with van der Waals surface area (Å²) >= 11 is 0. The molecule has 1 amide bonds. The lowest BCUT2D eigenvalue weighted by atomic mass is 9.84. The van der Waals surface area contributed by atoms with Crippen molar-refractivity contribution in [3.05, 3.63) is 35.6 Å². The van der Waals surface area contributed by atoms with Gasteiger partial charge in [-0.05, 0) is 43.6 Å². The number of carbonyl (C=O) groups is 1. The smallest absolute Gasteiger partial charge is 0.223 e. The molecule has 1 fully saturated rings. The molecule has 0 aliphatic carbocycles. The van der Waals surface area contributed by atoms with Crippen molar-refractivity contribution in [2.24, 2.45) is 5.92 Å². The second-order valence-electron chi connectivity index (χ2n) is 6.13. The van der Waals surface area contributed by atoms with Gasteiger partial charge in [-0.25, -0.2) is 4.39 Å². The summed E-state index contributed by atoms with van der Waals surface area (Å²) < 4.78 is 13.0. The molecule has 1 saturated heterocycles. The van der Waals surface area contributed by atoms with Gasteiger partial charge in [0.15, 0.2) is 0 Å². The minimum Gasteiger partial charge on any atom is -0.355 e. The highest BCUT2D eigenvalue weighted by molar-refractivity contribution is 5.85. The summed E-state index contributed by atoms with van der Waals surface area (Å²) in [4.78, 5) is 12.1. The molecule has 2 N–H and O–H groups in total. The Morgan fingerprint density at radius 2 is 1.86 bits per heavy atom. The maximum Gasteiger partial charge on any atom is 0.223 e. The predicted molar refractivity (Wildman–Crippen MR) is 85.3 cm³/mol. The zero-order valence-electron chi connectivity index (χ0n) is 12.6. The fraction of sp³-hybridized carbons (Fsp3) is 0.562. The van der Waals surface area contributed by atoms with Crippen LogP contribution in [0.1, 0.15) is 32.3 Å². The third-order valence-corrected chi connectivity index (χ3v) is 4.04. The van der Waals surface area contributed by atoms with Crippen LogP contribution in [0.15, 0.2) is 24.3 Å². The molecule has 118 valence electrons. The minimum absolute atomic E-state index is 0. The van der Waals surface area contributed by atoms with E-state index in [2.05, 4.69) is 24.5 Å². The average Bonchev–Trinajstić information content (AvgIpc) is 2.46. The highest BCUT2D eigenvalue weighted by atomic mass is 35.5. The Kier molecular flexibility index (Phi) is 6.62. The highest BCUT2D eigenvalue weighted by Crippen LogP contribution is 2.23. The number of hydrogen-bond donors (Lipinski definition) is 2. The molecule has 1 aromatic carbocycles. The summed E-state index contributed by atoms with van der Waals surface area (Å²) in [7, 11) is 0. The molecule has 0 aromatic heterocycles. The Balaban J connectivity index is 0.00000220. The molecule has 0 atom stereocenters. The SMILES string of the molecule is CC(C)(CNC(=O)C1CCNCC1)c1ccc(F)cc1.Cl. The number of carbonyl (C=O) groups excluding carboxylic acids is 1. The van der Waals surface area contributed by atoms with Crippen LogP contribution < -0.4 is 10.6 Å². The fourth-order valence-electron chi connectivity index (χ4n) is 2.54. The van der Waals surface area contributed by atoms with E-state index in [9.17, 15) is 9.18 Å². The van der Waals surface area contributed by atoms with E-state index in [1.807, 2.05) is 0 Å². The van der Waals surface area contributed by atoms with Crippen molar-refractivity contribution in [3.8, 4) is 0 Å². The van der Waals surface area contributed by atoms with E-state index in [4.69, 9.17) is 0 Å². The van der Waals surface area contributed by atoms with Crippen molar-refractivity contribution in [3.63, 3.8) is 0 Å². The Labute approximate surface area is 132 Å². The first-order valence-corrected chi connectivity index (χ1v) is 7.23. The van der Waals surface area contributed by atoms with Gasteiger partial charge in [-0.1, -0.05) is 26.0 Å². The molecule has 21 heavy (non-hydrogen) atoms. The molecule has 5 heteroatoms. The number of rotatable bonds is 4. The first kappa shape index (κ1) is 17.9. The number of piperidine rings is 1. The lowest BCUT2D eigenvalue weighted by molar-refractivity contribution is -0.125. The number of benzene rings is 1. The highest BCUT2D eigenvalue weighted by Gasteiger charge is 2.25. The van der Waals surface area contributed by atoms with Gasteiger partial charge in [0, 0.05) is 17.9 Å². The van der Waals surface area contributed by atoms with Crippen LogP contribution in [0.3, 0.4) is 0 Å². The standard InChI is InChI=1S/C16H23FN2O.ClH/c1-16(2,13-3-5-14(17)6-4-13)11-19-15(20)12-7-9-18-10-8-12;/h3-6,12,18H,7-11H2,1-2H3,(H,19,20);1H. The summed E-state index contributed by atoms with van der Waals surface area (Å²) in [6.45, 7) is 6.52. The normalized spacial score (nSPS) is 16.1. The molecule has 1 aliphatic rings. The molecule has 1 heterocycles. The van der Waals surface area contributed by atoms with Crippen LogP contribution in [0.2, 0.25) is 0 Å². The zero-order valence-corrected chi connectivity index (χ0v) is 13.4. The summed E-state index contributed by atoms with van der Waals surface area (Å²) in [5.41, 5.74) is 0.834. The van der Waals surface area contributed by atoms with Crippen LogP contribution in [-0.4, -0.2) is 25.5 Å². The van der Waals surface area contributed by atoms with Gasteiger partial charge in [0.05, 0.1) is 0 Å². The van der Waals surface area contributed by atoms with Gasteiger partial charge in [0.1, 0.15) is 5.82 Å². The third-order valence-electron chi connectivity index (χ3n) is 4.04. The summed E-state index contributed by atoms with van der Waals surface area (Å²) in [6, 6.07) is 6.50. The van der Waals surface area contributed by atoms with Crippen LogP contribution in [0.4, 0.5) is 4.39 Å². The van der Waals surface area contributed by atoms with Gasteiger partial charge in [-0.15, -0.1) is 12.4 Å². The monoisotopic (exact) mass is 314 g/mol. The van der Waals surface area contributed by atoms with Crippen LogP contribution in [0.25, 0.3) is 0 Å². The lowest BCUT2D eigenvalue weighted by Crippen LogP contribution is -2.42. The maximum atomic E-state index is 13.0. The largest absolute Gasteiger partial charge is 0.355 e. The summed E-state index contributed by atoms with van der Waals surface area (Å²) in [6.07, 6.45) is 1.81. The fourth-order valence-corrected chi connectivity index (χ4v) is 2.54. The first-order valence-electron chi connectivity index (χ1n) is 7.23. The molecular weight excluding hydrogens is 291 g/mol. The number of amides is 1. The van der Waals surface area contributed by atoms with Crippen LogP contribution in [-0.2, 0) is 10.2 Å². The van der Waals surface area contributed by atoms with E-state index in [1.54, 1.807) is 12.1 Å². The Bertz CT molecular complexity index is 456. The topological polar surface area (TPSA) is 41.1 Å². The summed E-state index contributed by atoms with van der Waals surface area (Å²) in [5.74, 6) is 0.0326. The first-order chi connectivity index (χ1) is 9.49. The van der Waals surface area contributed by atoms with Crippen molar-refractivity contribution in [1.29, 1.82) is 0 Å². The average molecular weight is 315 g/mol. The second kappa shape index (κ2) is 7.76. The van der Waals surface area contributed by atoms with Crippen molar-refractivity contribution < 1.29 is 9.18 Å². The maximum absolute atomic E-state index is 13.0. The second-order valence-corrected chi connectivity index (χ2v) is 6.13. The molecule has 0 bridgehead atoms. The van der Waals surface area contributed by atoms with Crippen molar-refractivity contribution >= 4 is 18.3 Å². The van der Waals surface area contributed by atoms with Gasteiger partial charge in [0.2, 0.25) is 5.91 Å². The Morgan fingerprint density at radius 3 is 2.43 bits per heavy atom. The minimum atomic E-state index is -0.233. The molecule has 3 nitrogen and oxygen atoms in total. The third kappa shape index (κ3) is 4.97. The van der Waals surface area contributed by atoms with Crippen molar-refractivity contribution in [1.82, 2.24) is 10.6 Å². The van der Waals surface area contributed by atoms with Crippen molar-refractivity contribution in [2.75, 3.05) is 19.6 Å². The molecule has 1 aromatic rings. The van der Waals surface area contributed by atoms with E-state index in [1.165, 1.54) is 12.1 Å². The van der Waals surface area contributed by atoms with Crippen LogP contribution in [0, 0.1) is 11.7 Å². The number of hydrogen-bond acceptors (Lipinski definition) is 2. The number of nitrogens with one attached hydrogen (secondary N) is 2. The van der Waals surface area contributed by atoms with Crippen LogP contribution >= 0.6 is 12.4 Å². The molecule has 2 rings (SSSR count). The molecule has 1 aliphatic heterocycles. The Hall–Kier alpha value is -1.13. The molecule has 0 unspecified atom stereocenters. The van der Waals surface area contributed by atoms with Gasteiger partial charge >= 0.3 is 0 Å². The van der Waals surface area contributed by atoms with E-state index in [0.29, 0.717) is 6.54 Å².